The average molecular weight is 617 g/mol. The number of rotatable bonds is 18. The molecule has 2 aliphatic rings. The molecule has 0 saturated carbocycles. The number of fused-ring (bicyclic) bond motifs is 1. The van der Waals surface area contributed by atoms with Gasteiger partial charge in [0.2, 0.25) is 11.8 Å². The minimum atomic E-state index is -0.341. The van der Waals surface area contributed by atoms with Crippen LogP contribution in [0.15, 0.2) is 43.0 Å². The molecule has 43 heavy (non-hydrogen) atoms. The van der Waals surface area contributed by atoms with Crippen LogP contribution in [0.1, 0.15) is 64.2 Å². The molecule has 2 heterocycles. The fourth-order valence-corrected chi connectivity index (χ4v) is 7.09. The Morgan fingerprint density at radius 2 is 1.93 bits per heavy atom. The van der Waals surface area contributed by atoms with Crippen molar-refractivity contribution in [3.8, 4) is 11.5 Å². The van der Waals surface area contributed by atoms with Gasteiger partial charge in [0.1, 0.15) is 24.4 Å². The van der Waals surface area contributed by atoms with E-state index in [9.17, 15) is 9.59 Å². The lowest BCUT2D eigenvalue weighted by molar-refractivity contribution is -0.121. The van der Waals surface area contributed by atoms with Crippen molar-refractivity contribution < 1.29 is 23.9 Å². The van der Waals surface area contributed by atoms with Gasteiger partial charge in [-0.3, -0.25) is 9.59 Å². The zero-order chi connectivity index (χ0) is 31.6. The second-order valence-electron chi connectivity index (χ2n) is 11.0. The van der Waals surface area contributed by atoms with Crippen LogP contribution < -0.4 is 30.3 Å². The predicted molar refractivity (Wildman–Crippen MR) is 177 cm³/mol. The average Bonchev–Trinajstić information content (AvgIpc) is 3.38. The van der Waals surface area contributed by atoms with Crippen LogP contribution in [0, 0.1) is 0 Å². The fourth-order valence-electron chi connectivity index (χ4n) is 5.40. The van der Waals surface area contributed by atoms with E-state index in [1.807, 2.05) is 56.9 Å². The maximum atomic E-state index is 12.8. The van der Waals surface area contributed by atoms with Crippen LogP contribution in [0.2, 0.25) is 0 Å². The molecule has 1 fully saturated rings. The van der Waals surface area contributed by atoms with Crippen LogP contribution in [-0.4, -0.2) is 82.1 Å². The Morgan fingerprint density at radius 1 is 1.14 bits per heavy atom. The molecule has 0 spiro atoms. The number of thioether (sulfide) groups is 1. The summed E-state index contributed by atoms with van der Waals surface area (Å²) in [4.78, 5) is 34.6. The zero-order valence-corrected chi connectivity index (χ0v) is 27.1. The first-order chi connectivity index (χ1) is 20.9. The van der Waals surface area contributed by atoms with Gasteiger partial charge in [0.05, 0.1) is 18.7 Å². The number of benzene rings is 1. The molecule has 3 rings (SSSR count). The Bertz CT molecular complexity index is 1040. The summed E-state index contributed by atoms with van der Waals surface area (Å²) in [5, 5.41) is 10.5. The Kier molecular flexibility index (Phi) is 17.1. The summed E-state index contributed by atoms with van der Waals surface area (Å²) in [6.45, 7) is 11.2. The van der Waals surface area contributed by atoms with E-state index in [1.165, 1.54) is 0 Å². The first-order valence-electron chi connectivity index (χ1n) is 15.4. The van der Waals surface area contributed by atoms with Crippen molar-refractivity contribution in [1.29, 1.82) is 0 Å². The second-order valence-corrected chi connectivity index (χ2v) is 12.2. The number of nitrogens with zero attached hydrogens (tertiary/aromatic N) is 1. The van der Waals surface area contributed by atoms with Gasteiger partial charge in [0.15, 0.2) is 0 Å². The first-order valence-corrected chi connectivity index (χ1v) is 16.4. The quantitative estimate of drug-likeness (QED) is 0.162. The smallest absolute Gasteiger partial charge is 0.230 e. The van der Waals surface area contributed by atoms with Crippen LogP contribution in [0.3, 0.4) is 0 Å². The number of likely N-dealkylation sites (N-methyl/N-ethyl adjacent to an activating group) is 2. The molecule has 9 nitrogen and oxygen atoms in total. The topological polar surface area (TPSA) is 109 Å². The Labute approximate surface area is 262 Å². The third-order valence-electron chi connectivity index (χ3n) is 8.00. The second kappa shape index (κ2) is 20.2. The molecule has 2 aliphatic heterocycles. The Balaban J connectivity index is 0.00000316. The third kappa shape index (κ3) is 11.7. The molecule has 0 radical (unpaired) electrons. The summed E-state index contributed by atoms with van der Waals surface area (Å²) in [5.74, 6) is 2.66. The summed E-state index contributed by atoms with van der Waals surface area (Å²) >= 11 is 2.04. The van der Waals surface area contributed by atoms with E-state index in [4.69, 9.17) is 14.3 Å². The van der Waals surface area contributed by atoms with Crippen molar-refractivity contribution in [2.45, 2.75) is 87.6 Å². The number of anilines is 1. The summed E-state index contributed by atoms with van der Waals surface area (Å²) in [5.41, 5.74) is 1.61. The summed E-state index contributed by atoms with van der Waals surface area (Å²) in [6, 6.07) is 6.65. The molecule has 3 N–H and O–H groups in total. The van der Waals surface area contributed by atoms with Gasteiger partial charge in [-0.25, -0.2) is 0 Å². The molecule has 1 unspecified atom stereocenters. The Hall–Kier alpha value is -2.82. The SMILES string of the molecule is C=CCCC(=C)[C@@H]1CC(=O)N(C)c2cc(OCCCCCNC(=O)CCCCC3SC[C@H](NC)[C@@H]3NC)ccc2O1.C=O. The number of hydrogen-bond donors (Lipinski definition) is 3. The molecule has 10 heteroatoms. The van der Waals surface area contributed by atoms with Gasteiger partial charge >= 0.3 is 0 Å². The van der Waals surface area contributed by atoms with Crippen molar-refractivity contribution in [3.05, 3.63) is 43.0 Å². The lowest BCUT2D eigenvalue weighted by Gasteiger charge is -2.23. The van der Waals surface area contributed by atoms with Gasteiger partial charge in [-0.05, 0) is 76.7 Å². The monoisotopic (exact) mass is 616 g/mol. The maximum absolute atomic E-state index is 12.8. The van der Waals surface area contributed by atoms with Gasteiger partial charge < -0.3 is 35.1 Å². The number of carbonyl (C=O) groups excluding carboxylic acids is 3. The molecule has 1 saturated heterocycles. The van der Waals surface area contributed by atoms with E-state index in [1.54, 1.807) is 11.9 Å². The van der Waals surface area contributed by atoms with Crippen LogP contribution >= 0.6 is 11.8 Å². The van der Waals surface area contributed by atoms with Crippen molar-refractivity contribution in [2.75, 3.05) is 44.9 Å². The van der Waals surface area contributed by atoms with Gasteiger partial charge in [-0.1, -0.05) is 19.1 Å². The summed E-state index contributed by atoms with van der Waals surface area (Å²) < 4.78 is 12.1. The van der Waals surface area contributed by atoms with Crippen molar-refractivity contribution in [2.24, 2.45) is 0 Å². The normalized spacial score (nSPS) is 21.1. The van der Waals surface area contributed by atoms with E-state index >= 15 is 0 Å². The minimum Gasteiger partial charge on any atom is -0.494 e. The zero-order valence-electron chi connectivity index (χ0n) is 26.3. The summed E-state index contributed by atoms with van der Waals surface area (Å²) in [6.07, 6.45) is 9.90. The van der Waals surface area contributed by atoms with E-state index in [0.717, 1.165) is 62.7 Å². The van der Waals surface area contributed by atoms with Gasteiger partial charge in [0.25, 0.3) is 0 Å². The summed E-state index contributed by atoms with van der Waals surface area (Å²) in [7, 11) is 5.84. The van der Waals surface area contributed by atoms with Crippen LogP contribution in [0.4, 0.5) is 5.69 Å². The number of carbonyl (C=O) groups is 3. The highest BCUT2D eigenvalue weighted by Gasteiger charge is 2.34. The molecular weight excluding hydrogens is 564 g/mol. The lowest BCUT2D eigenvalue weighted by Crippen LogP contribution is -2.47. The predicted octanol–water partition coefficient (Wildman–Crippen LogP) is 4.66. The molecule has 240 valence electrons. The van der Waals surface area contributed by atoms with Crippen LogP contribution in [-0.2, 0) is 14.4 Å². The standard InChI is InChI=1S/C32H50N4O4S.CH2O/c1-6-7-13-23(2)28-21-31(38)36(5)26-20-24(16-17-27(26)40-28)39-19-12-8-11-18-35-30(37)15-10-9-14-29-32(34-4)25(33-3)22-41-29;1-2/h6,16-17,20,25,28-29,32-34H,1-2,7-15,18-19,21-22H2,3-5H3,(H,35,37);1H2/t25-,28-,29?,32-;/m0./s1. The number of allylic oxidation sites excluding steroid dienone is 1. The van der Waals surface area contributed by atoms with Crippen LogP contribution in [0.5, 0.6) is 11.5 Å². The number of hydrogen-bond acceptors (Lipinski definition) is 8. The van der Waals surface area contributed by atoms with Crippen molar-refractivity contribution in [3.63, 3.8) is 0 Å². The Morgan fingerprint density at radius 3 is 2.65 bits per heavy atom. The molecule has 0 aliphatic carbocycles. The fraction of sp³-hybridized carbons (Fsp3) is 0.606. The number of ether oxygens (including phenoxy) is 2. The highest BCUT2D eigenvalue weighted by Crippen LogP contribution is 2.37. The third-order valence-corrected chi connectivity index (χ3v) is 9.51. The number of nitrogens with one attached hydrogen (secondary N) is 3. The number of amides is 2. The maximum Gasteiger partial charge on any atom is 0.230 e. The molecule has 0 bridgehead atoms. The van der Waals surface area contributed by atoms with Gasteiger partial charge in [-0.2, -0.15) is 11.8 Å². The molecule has 4 atom stereocenters. The van der Waals surface area contributed by atoms with E-state index < -0.39 is 0 Å². The molecule has 1 aromatic carbocycles. The highest BCUT2D eigenvalue weighted by atomic mass is 32.2. The molecular formula is C33H52N4O5S. The minimum absolute atomic E-state index is 0.00869. The largest absolute Gasteiger partial charge is 0.494 e. The van der Waals surface area contributed by atoms with E-state index in [2.05, 4.69) is 29.1 Å². The number of unbranched alkanes of at least 4 members (excludes halogenated alkanes) is 3. The van der Waals surface area contributed by atoms with Crippen LogP contribution in [0.25, 0.3) is 0 Å². The highest BCUT2D eigenvalue weighted by molar-refractivity contribution is 8.00. The van der Waals surface area contributed by atoms with Gasteiger partial charge in [0, 0.05) is 49.2 Å². The molecule has 0 aromatic heterocycles. The van der Waals surface area contributed by atoms with Crippen molar-refractivity contribution >= 4 is 36.1 Å². The van der Waals surface area contributed by atoms with E-state index in [-0.39, 0.29) is 24.3 Å². The molecule has 1 aromatic rings. The first kappa shape index (κ1) is 36.4. The van der Waals surface area contributed by atoms with E-state index in [0.29, 0.717) is 54.1 Å². The molecule has 2 amide bonds. The lowest BCUT2D eigenvalue weighted by atomic mass is 10.0. The van der Waals surface area contributed by atoms with Gasteiger partial charge in [-0.15, -0.1) is 6.58 Å². The van der Waals surface area contributed by atoms with Crippen molar-refractivity contribution in [1.82, 2.24) is 16.0 Å².